The van der Waals surface area contributed by atoms with Gasteiger partial charge in [0.1, 0.15) is 0 Å². The molecule has 0 radical (unpaired) electrons. The second-order valence-electron chi connectivity index (χ2n) is 5.01. The van der Waals surface area contributed by atoms with Gasteiger partial charge in [0, 0.05) is 22.7 Å². The standard InChI is InChI=1S/C14H20BrN3O/c1-10-7-11(15)4-5-13(10)17-14(19)9-18-6-2-3-12(18)8-16/h4-5,7,12H,2-3,6,8-9,16H2,1H3,(H,17,19). The van der Waals surface area contributed by atoms with E-state index in [1.807, 2.05) is 25.1 Å². The minimum Gasteiger partial charge on any atom is -0.329 e. The first-order chi connectivity index (χ1) is 9.10. The van der Waals surface area contributed by atoms with Gasteiger partial charge in [-0.05, 0) is 50.1 Å². The second kappa shape index (κ2) is 6.50. The third-order valence-corrected chi connectivity index (χ3v) is 4.07. The monoisotopic (exact) mass is 325 g/mol. The van der Waals surface area contributed by atoms with Crippen molar-refractivity contribution in [1.82, 2.24) is 4.90 Å². The minimum absolute atomic E-state index is 0.0331. The highest BCUT2D eigenvalue weighted by molar-refractivity contribution is 9.10. The van der Waals surface area contributed by atoms with E-state index in [1.165, 1.54) is 0 Å². The van der Waals surface area contributed by atoms with Gasteiger partial charge in [0.15, 0.2) is 0 Å². The summed E-state index contributed by atoms with van der Waals surface area (Å²) in [6, 6.07) is 6.20. The number of aryl methyl sites for hydroxylation is 1. The van der Waals surface area contributed by atoms with Gasteiger partial charge in [0.2, 0.25) is 5.91 Å². The molecule has 3 N–H and O–H groups in total. The number of nitrogens with two attached hydrogens (primary N) is 1. The normalized spacial score (nSPS) is 19.6. The quantitative estimate of drug-likeness (QED) is 0.891. The van der Waals surface area contributed by atoms with E-state index in [9.17, 15) is 4.79 Å². The maximum Gasteiger partial charge on any atom is 0.238 e. The van der Waals surface area contributed by atoms with E-state index < -0.39 is 0 Å². The maximum absolute atomic E-state index is 12.1. The van der Waals surface area contributed by atoms with Crippen LogP contribution in [0.1, 0.15) is 18.4 Å². The van der Waals surface area contributed by atoms with E-state index in [-0.39, 0.29) is 5.91 Å². The number of amides is 1. The summed E-state index contributed by atoms with van der Waals surface area (Å²) in [6.07, 6.45) is 2.23. The van der Waals surface area contributed by atoms with E-state index in [2.05, 4.69) is 26.1 Å². The van der Waals surface area contributed by atoms with E-state index in [1.54, 1.807) is 0 Å². The van der Waals surface area contributed by atoms with Crippen molar-refractivity contribution in [1.29, 1.82) is 0 Å². The predicted molar refractivity (Wildman–Crippen MR) is 81.2 cm³/mol. The van der Waals surface area contributed by atoms with Gasteiger partial charge in [-0.15, -0.1) is 0 Å². The molecule has 0 saturated carbocycles. The first-order valence-electron chi connectivity index (χ1n) is 6.60. The number of carbonyl (C=O) groups excluding carboxylic acids is 1. The molecule has 1 aromatic carbocycles. The molecule has 1 atom stereocenters. The van der Waals surface area contributed by atoms with Crippen LogP contribution >= 0.6 is 15.9 Å². The van der Waals surface area contributed by atoms with E-state index in [0.29, 0.717) is 19.1 Å². The van der Waals surface area contributed by atoms with Gasteiger partial charge < -0.3 is 11.1 Å². The zero-order chi connectivity index (χ0) is 13.8. The van der Waals surface area contributed by atoms with Gasteiger partial charge in [0.05, 0.1) is 6.54 Å². The summed E-state index contributed by atoms with van der Waals surface area (Å²) in [7, 11) is 0. The van der Waals surface area contributed by atoms with Crippen molar-refractivity contribution in [2.45, 2.75) is 25.8 Å². The molecule has 0 spiro atoms. The first kappa shape index (κ1) is 14.5. The Kier molecular flexibility index (Phi) is 4.96. The fraction of sp³-hybridized carbons (Fsp3) is 0.500. The Morgan fingerprint density at radius 3 is 3.05 bits per heavy atom. The molecule has 1 heterocycles. The summed E-state index contributed by atoms with van der Waals surface area (Å²) in [6.45, 7) is 4.01. The average molecular weight is 326 g/mol. The highest BCUT2D eigenvalue weighted by atomic mass is 79.9. The summed E-state index contributed by atoms with van der Waals surface area (Å²) >= 11 is 3.42. The SMILES string of the molecule is Cc1cc(Br)ccc1NC(=O)CN1CCCC1CN. The summed E-state index contributed by atoms with van der Waals surface area (Å²) in [5, 5.41) is 2.97. The molecule has 1 amide bonds. The van der Waals surface area contributed by atoms with Crippen LogP contribution in [0.2, 0.25) is 0 Å². The number of hydrogen-bond acceptors (Lipinski definition) is 3. The summed E-state index contributed by atoms with van der Waals surface area (Å²) in [5.41, 5.74) is 7.64. The van der Waals surface area contributed by atoms with E-state index in [4.69, 9.17) is 5.73 Å². The van der Waals surface area contributed by atoms with Crippen LogP contribution in [0.15, 0.2) is 22.7 Å². The van der Waals surface area contributed by atoms with Gasteiger partial charge in [-0.1, -0.05) is 15.9 Å². The summed E-state index contributed by atoms with van der Waals surface area (Å²) < 4.78 is 1.02. The van der Waals surface area contributed by atoms with Crippen LogP contribution in [0.4, 0.5) is 5.69 Å². The number of benzene rings is 1. The Morgan fingerprint density at radius 2 is 2.37 bits per heavy atom. The van der Waals surface area contributed by atoms with Gasteiger partial charge in [-0.25, -0.2) is 0 Å². The fourth-order valence-corrected chi connectivity index (χ4v) is 2.99. The number of halogens is 1. The summed E-state index contributed by atoms with van der Waals surface area (Å²) in [4.78, 5) is 14.2. The third kappa shape index (κ3) is 3.78. The number of hydrogen-bond donors (Lipinski definition) is 2. The molecule has 0 aliphatic carbocycles. The molecule has 5 heteroatoms. The lowest BCUT2D eigenvalue weighted by molar-refractivity contribution is -0.117. The average Bonchev–Trinajstić information content (AvgIpc) is 2.80. The Bertz CT molecular complexity index is 464. The maximum atomic E-state index is 12.1. The largest absolute Gasteiger partial charge is 0.329 e. The van der Waals surface area contributed by atoms with E-state index >= 15 is 0 Å². The Hall–Kier alpha value is -0.910. The molecular weight excluding hydrogens is 306 g/mol. The van der Waals surface area contributed by atoms with Crippen molar-refractivity contribution in [3.05, 3.63) is 28.2 Å². The lowest BCUT2D eigenvalue weighted by Gasteiger charge is -2.22. The third-order valence-electron chi connectivity index (χ3n) is 3.58. The Labute approximate surface area is 122 Å². The lowest BCUT2D eigenvalue weighted by Crippen LogP contribution is -2.40. The van der Waals surface area contributed by atoms with Crippen LogP contribution in [-0.4, -0.2) is 36.5 Å². The Balaban J connectivity index is 1.94. The number of nitrogens with one attached hydrogen (secondary N) is 1. The highest BCUT2D eigenvalue weighted by Crippen LogP contribution is 2.20. The smallest absolute Gasteiger partial charge is 0.238 e. The number of rotatable bonds is 4. The first-order valence-corrected chi connectivity index (χ1v) is 7.39. The van der Waals surface area contributed by atoms with E-state index in [0.717, 1.165) is 35.1 Å². The van der Waals surface area contributed by atoms with Crippen LogP contribution in [0.3, 0.4) is 0 Å². The van der Waals surface area contributed by atoms with Crippen LogP contribution in [0.25, 0.3) is 0 Å². The molecule has 1 aliphatic heterocycles. The molecule has 104 valence electrons. The van der Waals surface area contributed by atoms with Gasteiger partial charge in [-0.3, -0.25) is 9.69 Å². The van der Waals surface area contributed by atoms with Crippen LogP contribution in [-0.2, 0) is 4.79 Å². The molecular formula is C14H20BrN3O. The van der Waals surface area contributed by atoms with Crippen molar-refractivity contribution in [2.24, 2.45) is 5.73 Å². The molecule has 0 aromatic heterocycles. The molecule has 0 bridgehead atoms. The molecule has 1 fully saturated rings. The molecule has 19 heavy (non-hydrogen) atoms. The molecule has 1 saturated heterocycles. The van der Waals surface area contributed by atoms with Crippen LogP contribution < -0.4 is 11.1 Å². The minimum atomic E-state index is 0.0331. The topological polar surface area (TPSA) is 58.4 Å². The van der Waals surface area contributed by atoms with Gasteiger partial charge in [0.25, 0.3) is 0 Å². The summed E-state index contributed by atoms with van der Waals surface area (Å²) in [5.74, 6) is 0.0331. The highest BCUT2D eigenvalue weighted by Gasteiger charge is 2.24. The zero-order valence-corrected chi connectivity index (χ0v) is 12.7. The molecule has 1 aliphatic rings. The number of anilines is 1. The number of likely N-dealkylation sites (tertiary alicyclic amines) is 1. The lowest BCUT2D eigenvalue weighted by atomic mass is 10.2. The fourth-order valence-electron chi connectivity index (χ4n) is 2.51. The molecule has 4 nitrogen and oxygen atoms in total. The van der Waals surface area contributed by atoms with Crippen molar-refractivity contribution >= 4 is 27.5 Å². The number of nitrogens with zero attached hydrogens (tertiary/aromatic N) is 1. The molecule has 2 rings (SSSR count). The Morgan fingerprint density at radius 1 is 1.58 bits per heavy atom. The predicted octanol–water partition coefficient (Wildman–Crippen LogP) is 2.12. The van der Waals surface area contributed by atoms with Crippen molar-refractivity contribution in [3.63, 3.8) is 0 Å². The number of carbonyl (C=O) groups is 1. The molecule has 1 aromatic rings. The van der Waals surface area contributed by atoms with Crippen LogP contribution in [0, 0.1) is 6.92 Å². The van der Waals surface area contributed by atoms with Crippen molar-refractivity contribution < 1.29 is 4.79 Å². The van der Waals surface area contributed by atoms with Crippen LogP contribution in [0.5, 0.6) is 0 Å². The van der Waals surface area contributed by atoms with Crippen molar-refractivity contribution in [3.8, 4) is 0 Å². The van der Waals surface area contributed by atoms with Gasteiger partial charge >= 0.3 is 0 Å². The van der Waals surface area contributed by atoms with Crippen molar-refractivity contribution in [2.75, 3.05) is 25.0 Å². The zero-order valence-electron chi connectivity index (χ0n) is 11.2. The second-order valence-corrected chi connectivity index (χ2v) is 5.93. The molecule has 1 unspecified atom stereocenters. The van der Waals surface area contributed by atoms with Gasteiger partial charge in [-0.2, -0.15) is 0 Å².